The van der Waals surface area contributed by atoms with Crippen LogP contribution in [-0.4, -0.2) is 22.2 Å². The molecule has 1 amide bonds. The minimum absolute atomic E-state index is 0.142. The lowest BCUT2D eigenvalue weighted by Gasteiger charge is -2.27. The molecule has 104 valence electrons. The van der Waals surface area contributed by atoms with Gasteiger partial charge >= 0.3 is 0 Å². The average Bonchev–Trinajstić information content (AvgIpc) is 2.37. The fraction of sp³-hybridized carbons (Fsp3) is 0.417. The molecule has 1 rings (SSSR count). The van der Waals surface area contributed by atoms with Gasteiger partial charge in [-0.3, -0.25) is 14.9 Å². The maximum absolute atomic E-state index is 12.1. The van der Waals surface area contributed by atoms with Gasteiger partial charge < -0.3 is 5.32 Å². The van der Waals surface area contributed by atoms with Crippen LogP contribution in [0.4, 0.5) is 5.69 Å². The van der Waals surface area contributed by atoms with E-state index in [-0.39, 0.29) is 22.2 Å². The molecule has 0 heterocycles. The Balaban J connectivity index is 3.03. The maximum atomic E-state index is 12.1. The van der Waals surface area contributed by atoms with Crippen molar-refractivity contribution in [1.82, 2.24) is 5.32 Å². The molecule has 5 nitrogen and oxygen atoms in total. The second kappa shape index (κ2) is 6.21. The normalized spacial score (nSPS) is 13.7. The highest BCUT2D eigenvalue weighted by molar-refractivity contribution is 6.31. The van der Waals surface area contributed by atoms with E-state index in [9.17, 15) is 14.9 Å². The third-order valence-electron chi connectivity index (χ3n) is 2.85. The first-order valence-corrected chi connectivity index (χ1v) is 6.56. The van der Waals surface area contributed by atoms with Gasteiger partial charge in [-0.15, -0.1) is 11.6 Å². The van der Waals surface area contributed by atoms with Gasteiger partial charge in [0.05, 0.1) is 10.5 Å². The van der Waals surface area contributed by atoms with Crippen molar-refractivity contribution in [1.29, 1.82) is 0 Å². The number of alkyl halides is 1. The van der Waals surface area contributed by atoms with Crippen LogP contribution >= 0.6 is 23.2 Å². The van der Waals surface area contributed by atoms with E-state index in [0.717, 1.165) is 0 Å². The highest BCUT2D eigenvalue weighted by Crippen LogP contribution is 2.22. The molecule has 0 aliphatic heterocycles. The van der Waals surface area contributed by atoms with Crippen LogP contribution in [-0.2, 0) is 0 Å². The van der Waals surface area contributed by atoms with Crippen LogP contribution in [0.2, 0.25) is 5.02 Å². The first-order valence-electron chi connectivity index (χ1n) is 5.65. The third kappa shape index (κ3) is 4.08. The standard InChI is InChI=1S/C12H14Cl2N2O3/c1-3-12(2,7-13)15-11(17)8-4-9(14)6-10(5-8)16(18)19/h4-6H,3,7H2,1-2H3,(H,15,17). The van der Waals surface area contributed by atoms with Gasteiger partial charge in [-0.2, -0.15) is 0 Å². The highest BCUT2D eigenvalue weighted by atomic mass is 35.5. The molecule has 0 spiro atoms. The van der Waals surface area contributed by atoms with E-state index in [1.807, 2.05) is 6.92 Å². The molecule has 1 unspecified atom stereocenters. The van der Waals surface area contributed by atoms with E-state index in [4.69, 9.17) is 23.2 Å². The Morgan fingerprint density at radius 1 is 1.47 bits per heavy atom. The monoisotopic (exact) mass is 304 g/mol. The van der Waals surface area contributed by atoms with Crippen LogP contribution in [0.25, 0.3) is 0 Å². The number of carbonyl (C=O) groups is 1. The Morgan fingerprint density at radius 2 is 2.11 bits per heavy atom. The SMILES string of the molecule is CCC(C)(CCl)NC(=O)c1cc(Cl)cc([N+](=O)[O-])c1. The Bertz CT molecular complexity index is 502. The lowest BCUT2D eigenvalue weighted by atomic mass is 10.0. The number of nitro groups is 1. The van der Waals surface area contributed by atoms with Crippen LogP contribution in [0.5, 0.6) is 0 Å². The van der Waals surface area contributed by atoms with Crippen LogP contribution in [0, 0.1) is 10.1 Å². The zero-order valence-corrected chi connectivity index (χ0v) is 12.1. The van der Waals surface area contributed by atoms with Gasteiger partial charge in [0.1, 0.15) is 0 Å². The fourth-order valence-corrected chi connectivity index (χ4v) is 1.86. The minimum Gasteiger partial charge on any atom is -0.346 e. The number of amides is 1. The van der Waals surface area contributed by atoms with Crippen LogP contribution in [0.3, 0.4) is 0 Å². The summed E-state index contributed by atoms with van der Waals surface area (Å²) in [6.45, 7) is 3.69. The van der Waals surface area contributed by atoms with E-state index < -0.39 is 16.4 Å². The number of nitrogens with zero attached hydrogens (tertiary/aromatic N) is 1. The molecular weight excluding hydrogens is 291 g/mol. The van der Waals surface area contributed by atoms with Crippen molar-refractivity contribution < 1.29 is 9.72 Å². The summed E-state index contributed by atoms with van der Waals surface area (Å²) in [4.78, 5) is 22.2. The zero-order valence-electron chi connectivity index (χ0n) is 10.6. The quantitative estimate of drug-likeness (QED) is 0.515. The third-order valence-corrected chi connectivity index (χ3v) is 3.65. The van der Waals surface area contributed by atoms with E-state index in [2.05, 4.69) is 5.32 Å². The lowest BCUT2D eigenvalue weighted by molar-refractivity contribution is -0.384. The van der Waals surface area contributed by atoms with Crippen molar-refractivity contribution in [3.8, 4) is 0 Å². The first-order chi connectivity index (χ1) is 8.81. The molecular formula is C12H14Cl2N2O3. The Hall–Kier alpha value is -1.33. The summed E-state index contributed by atoms with van der Waals surface area (Å²) in [5.74, 6) is -0.187. The summed E-state index contributed by atoms with van der Waals surface area (Å²) in [6, 6.07) is 3.76. The predicted octanol–water partition coefficient (Wildman–Crippen LogP) is 3.39. The summed E-state index contributed by atoms with van der Waals surface area (Å²) >= 11 is 11.6. The zero-order chi connectivity index (χ0) is 14.6. The molecule has 0 fully saturated rings. The number of hydrogen-bond acceptors (Lipinski definition) is 3. The number of benzene rings is 1. The predicted molar refractivity (Wildman–Crippen MR) is 75.0 cm³/mol. The molecule has 1 atom stereocenters. The van der Waals surface area contributed by atoms with Crippen molar-refractivity contribution in [2.24, 2.45) is 0 Å². The second-order valence-electron chi connectivity index (χ2n) is 4.46. The molecule has 0 aromatic heterocycles. The number of nitro benzene ring substituents is 1. The summed E-state index contributed by atoms with van der Waals surface area (Å²) in [5, 5.41) is 13.6. The molecule has 19 heavy (non-hydrogen) atoms. The molecule has 1 aromatic carbocycles. The highest BCUT2D eigenvalue weighted by Gasteiger charge is 2.24. The van der Waals surface area contributed by atoms with Crippen molar-refractivity contribution in [3.05, 3.63) is 38.9 Å². The van der Waals surface area contributed by atoms with E-state index in [1.165, 1.54) is 18.2 Å². The topological polar surface area (TPSA) is 72.2 Å². The van der Waals surface area contributed by atoms with Gasteiger partial charge in [0.2, 0.25) is 0 Å². The van der Waals surface area contributed by atoms with Gasteiger partial charge in [-0.05, 0) is 19.4 Å². The number of halogens is 2. The summed E-state index contributed by atoms with van der Waals surface area (Å²) in [6.07, 6.45) is 0.644. The lowest BCUT2D eigenvalue weighted by Crippen LogP contribution is -2.47. The van der Waals surface area contributed by atoms with E-state index in [1.54, 1.807) is 6.92 Å². The molecule has 0 bridgehead atoms. The molecule has 1 N–H and O–H groups in total. The average molecular weight is 305 g/mol. The first kappa shape index (κ1) is 15.7. The molecule has 0 radical (unpaired) electrons. The molecule has 7 heteroatoms. The Morgan fingerprint density at radius 3 is 2.58 bits per heavy atom. The number of rotatable bonds is 5. The number of nitrogens with one attached hydrogen (secondary N) is 1. The van der Waals surface area contributed by atoms with Gasteiger partial charge in [0.15, 0.2) is 0 Å². The summed E-state index contributed by atoms with van der Waals surface area (Å²) < 4.78 is 0. The smallest absolute Gasteiger partial charge is 0.271 e. The van der Waals surface area contributed by atoms with Crippen LogP contribution < -0.4 is 5.32 Å². The van der Waals surface area contributed by atoms with Crippen LogP contribution in [0.15, 0.2) is 18.2 Å². The van der Waals surface area contributed by atoms with Gasteiger partial charge in [0, 0.05) is 28.6 Å². The largest absolute Gasteiger partial charge is 0.346 e. The van der Waals surface area contributed by atoms with E-state index in [0.29, 0.717) is 6.42 Å². The van der Waals surface area contributed by atoms with Gasteiger partial charge in [-0.25, -0.2) is 0 Å². The maximum Gasteiger partial charge on any atom is 0.271 e. The summed E-state index contributed by atoms with van der Waals surface area (Å²) in [5.41, 5.74) is -0.638. The van der Waals surface area contributed by atoms with Crippen molar-refractivity contribution in [3.63, 3.8) is 0 Å². The molecule has 0 aliphatic rings. The molecule has 0 saturated carbocycles. The van der Waals surface area contributed by atoms with Gasteiger partial charge in [-0.1, -0.05) is 18.5 Å². The number of non-ortho nitro benzene ring substituents is 1. The van der Waals surface area contributed by atoms with Crippen LogP contribution in [0.1, 0.15) is 30.6 Å². The van der Waals surface area contributed by atoms with Crippen molar-refractivity contribution in [2.75, 3.05) is 5.88 Å². The van der Waals surface area contributed by atoms with Crippen molar-refractivity contribution in [2.45, 2.75) is 25.8 Å². The molecule has 0 aliphatic carbocycles. The number of hydrogen-bond donors (Lipinski definition) is 1. The molecule has 0 saturated heterocycles. The van der Waals surface area contributed by atoms with Gasteiger partial charge in [0.25, 0.3) is 11.6 Å². The fourth-order valence-electron chi connectivity index (χ4n) is 1.37. The number of carbonyl (C=O) groups excluding carboxylic acids is 1. The Labute approximate surface area is 121 Å². The summed E-state index contributed by atoms with van der Waals surface area (Å²) in [7, 11) is 0. The second-order valence-corrected chi connectivity index (χ2v) is 5.16. The van der Waals surface area contributed by atoms with E-state index >= 15 is 0 Å². The molecule has 1 aromatic rings. The Kier molecular flexibility index (Phi) is 5.14. The van der Waals surface area contributed by atoms with Crippen molar-refractivity contribution >= 4 is 34.8 Å². The minimum atomic E-state index is -0.594.